The SMILES string of the molecule is Cc1cc(CNCC2(O)CCC(C)CC2)c(C)n1C. The lowest BCUT2D eigenvalue weighted by atomic mass is 9.79. The number of aromatic nitrogens is 1. The summed E-state index contributed by atoms with van der Waals surface area (Å²) in [6.45, 7) is 8.13. The largest absolute Gasteiger partial charge is 0.389 e. The Morgan fingerprint density at radius 2 is 2.00 bits per heavy atom. The van der Waals surface area contributed by atoms with E-state index < -0.39 is 5.60 Å². The first-order chi connectivity index (χ1) is 8.91. The number of nitrogens with one attached hydrogen (secondary N) is 1. The molecule has 3 nitrogen and oxygen atoms in total. The van der Waals surface area contributed by atoms with Crippen LogP contribution in [0.5, 0.6) is 0 Å². The van der Waals surface area contributed by atoms with Crippen LogP contribution in [0.1, 0.15) is 49.6 Å². The van der Waals surface area contributed by atoms with Crippen molar-refractivity contribution in [1.82, 2.24) is 9.88 Å². The van der Waals surface area contributed by atoms with E-state index in [1.54, 1.807) is 0 Å². The summed E-state index contributed by atoms with van der Waals surface area (Å²) in [6.07, 6.45) is 4.19. The molecule has 0 spiro atoms. The molecule has 0 radical (unpaired) electrons. The van der Waals surface area contributed by atoms with Crippen LogP contribution in [-0.4, -0.2) is 21.8 Å². The molecule has 0 bridgehead atoms. The standard InChI is InChI=1S/C16H28N2O/c1-12-5-7-16(19,8-6-12)11-17-10-15-9-13(2)18(4)14(15)3/h9,12,17,19H,5-8,10-11H2,1-4H3. The molecular formula is C16H28N2O. The highest BCUT2D eigenvalue weighted by atomic mass is 16.3. The minimum Gasteiger partial charge on any atom is -0.389 e. The molecule has 0 amide bonds. The molecule has 0 aromatic carbocycles. The fourth-order valence-corrected chi connectivity index (χ4v) is 3.02. The van der Waals surface area contributed by atoms with Crippen LogP contribution in [-0.2, 0) is 13.6 Å². The Hall–Kier alpha value is -0.800. The van der Waals surface area contributed by atoms with Crippen molar-refractivity contribution in [2.75, 3.05) is 6.54 Å². The molecule has 0 unspecified atom stereocenters. The predicted octanol–water partition coefficient (Wildman–Crippen LogP) is 2.67. The Bertz CT molecular complexity index is 428. The van der Waals surface area contributed by atoms with Gasteiger partial charge in [-0.1, -0.05) is 6.92 Å². The van der Waals surface area contributed by atoms with E-state index in [2.05, 4.69) is 43.8 Å². The Morgan fingerprint density at radius 3 is 2.53 bits per heavy atom. The van der Waals surface area contributed by atoms with Crippen molar-refractivity contribution in [3.8, 4) is 0 Å². The third-order valence-electron chi connectivity index (χ3n) is 4.85. The molecule has 3 heteroatoms. The van der Waals surface area contributed by atoms with E-state index in [1.807, 2.05) is 0 Å². The van der Waals surface area contributed by atoms with Gasteiger partial charge < -0.3 is 15.0 Å². The van der Waals surface area contributed by atoms with E-state index in [0.717, 1.165) is 38.1 Å². The van der Waals surface area contributed by atoms with E-state index in [1.165, 1.54) is 17.0 Å². The number of aryl methyl sites for hydroxylation is 1. The predicted molar refractivity (Wildman–Crippen MR) is 79.2 cm³/mol. The molecule has 108 valence electrons. The molecule has 1 aliphatic rings. The summed E-state index contributed by atoms with van der Waals surface area (Å²) >= 11 is 0. The summed E-state index contributed by atoms with van der Waals surface area (Å²) in [6, 6.07) is 2.23. The summed E-state index contributed by atoms with van der Waals surface area (Å²) < 4.78 is 2.22. The van der Waals surface area contributed by atoms with Crippen LogP contribution in [0.3, 0.4) is 0 Å². The Balaban J connectivity index is 1.84. The minimum absolute atomic E-state index is 0.482. The van der Waals surface area contributed by atoms with Gasteiger partial charge in [0, 0.05) is 31.5 Å². The first-order valence-corrected chi connectivity index (χ1v) is 7.46. The normalized spacial score (nSPS) is 27.7. The fraction of sp³-hybridized carbons (Fsp3) is 0.750. The molecular weight excluding hydrogens is 236 g/mol. The maximum Gasteiger partial charge on any atom is 0.0771 e. The monoisotopic (exact) mass is 264 g/mol. The van der Waals surface area contributed by atoms with Gasteiger partial charge in [-0.05, 0) is 57.1 Å². The average Bonchev–Trinajstić information content (AvgIpc) is 2.61. The Labute approximate surface area is 117 Å². The molecule has 1 aromatic rings. The van der Waals surface area contributed by atoms with E-state index in [9.17, 15) is 5.11 Å². The number of aliphatic hydroxyl groups is 1. The zero-order valence-electron chi connectivity index (χ0n) is 12.8. The van der Waals surface area contributed by atoms with Crippen molar-refractivity contribution < 1.29 is 5.11 Å². The topological polar surface area (TPSA) is 37.2 Å². The van der Waals surface area contributed by atoms with Crippen LogP contribution in [0.2, 0.25) is 0 Å². The molecule has 1 heterocycles. The van der Waals surface area contributed by atoms with Crippen molar-refractivity contribution in [3.05, 3.63) is 23.0 Å². The van der Waals surface area contributed by atoms with Gasteiger partial charge in [0.25, 0.3) is 0 Å². The van der Waals surface area contributed by atoms with Gasteiger partial charge in [0.1, 0.15) is 0 Å². The van der Waals surface area contributed by atoms with Crippen LogP contribution < -0.4 is 5.32 Å². The van der Waals surface area contributed by atoms with Crippen LogP contribution >= 0.6 is 0 Å². The van der Waals surface area contributed by atoms with Gasteiger partial charge in [-0.2, -0.15) is 0 Å². The van der Waals surface area contributed by atoms with Gasteiger partial charge in [-0.25, -0.2) is 0 Å². The van der Waals surface area contributed by atoms with Gasteiger partial charge in [0.2, 0.25) is 0 Å². The second-order valence-electron chi connectivity index (χ2n) is 6.47. The highest BCUT2D eigenvalue weighted by molar-refractivity contribution is 5.26. The summed E-state index contributed by atoms with van der Waals surface area (Å²) in [4.78, 5) is 0. The lowest BCUT2D eigenvalue weighted by Crippen LogP contribution is -2.43. The maximum atomic E-state index is 10.5. The lowest BCUT2D eigenvalue weighted by molar-refractivity contribution is -0.00631. The molecule has 1 fully saturated rings. The van der Waals surface area contributed by atoms with Gasteiger partial charge in [-0.15, -0.1) is 0 Å². The zero-order chi connectivity index (χ0) is 14.0. The van der Waals surface area contributed by atoms with Crippen LogP contribution in [0.25, 0.3) is 0 Å². The second-order valence-corrected chi connectivity index (χ2v) is 6.47. The molecule has 0 saturated heterocycles. The molecule has 1 aromatic heterocycles. The molecule has 1 saturated carbocycles. The fourth-order valence-electron chi connectivity index (χ4n) is 3.02. The minimum atomic E-state index is -0.482. The van der Waals surface area contributed by atoms with E-state index in [0.29, 0.717) is 6.54 Å². The smallest absolute Gasteiger partial charge is 0.0771 e. The number of nitrogens with zero attached hydrogens (tertiary/aromatic N) is 1. The average molecular weight is 264 g/mol. The summed E-state index contributed by atoms with van der Waals surface area (Å²) in [7, 11) is 2.10. The van der Waals surface area contributed by atoms with Crippen LogP contribution in [0.4, 0.5) is 0 Å². The number of hydrogen-bond donors (Lipinski definition) is 2. The van der Waals surface area contributed by atoms with E-state index in [4.69, 9.17) is 0 Å². The number of hydrogen-bond acceptors (Lipinski definition) is 2. The van der Waals surface area contributed by atoms with Gasteiger partial charge >= 0.3 is 0 Å². The highest BCUT2D eigenvalue weighted by Crippen LogP contribution is 2.31. The lowest BCUT2D eigenvalue weighted by Gasteiger charge is -2.35. The van der Waals surface area contributed by atoms with Crippen LogP contribution in [0.15, 0.2) is 6.07 Å². The summed E-state index contributed by atoms with van der Waals surface area (Å²) in [5.41, 5.74) is 3.46. The van der Waals surface area contributed by atoms with Crippen molar-refractivity contribution in [1.29, 1.82) is 0 Å². The van der Waals surface area contributed by atoms with Crippen LogP contribution in [0, 0.1) is 19.8 Å². The van der Waals surface area contributed by atoms with Crippen molar-refractivity contribution in [3.63, 3.8) is 0 Å². The van der Waals surface area contributed by atoms with Gasteiger partial charge in [-0.3, -0.25) is 0 Å². The maximum absolute atomic E-state index is 10.5. The first kappa shape index (κ1) is 14.6. The molecule has 2 rings (SSSR count). The third-order valence-corrected chi connectivity index (χ3v) is 4.85. The molecule has 2 N–H and O–H groups in total. The van der Waals surface area contributed by atoms with Gasteiger partial charge in [0.05, 0.1) is 5.60 Å². The van der Waals surface area contributed by atoms with Crippen molar-refractivity contribution in [2.45, 2.75) is 58.6 Å². The molecule has 1 aliphatic carbocycles. The molecule has 0 aliphatic heterocycles. The van der Waals surface area contributed by atoms with E-state index >= 15 is 0 Å². The second kappa shape index (κ2) is 5.68. The van der Waals surface area contributed by atoms with Crippen molar-refractivity contribution >= 4 is 0 Å². The van der Waals surface area contributed by atoms with Gasteiger partial charge in [0.15, 0.2) is 0 Å². The molecule has 0 atom stereocenters. The third kappa shape index (κ3) is 3.40. The molecule has 19 heavy (non-hydrogen) atoms. The summed E-state index contributed by atoms with van der Waals surface area (Å²) in [5.74, 6) is 0.777. The highest BCUT2D eigenvalue weighted by Gasteiger charge is 2.31. The Morgan fingerprint density at radius 1 is 1.37 bits per heavy atom. The Kier molecular flexibility index (Phi) is 4.36. The van der Waals surface area contributed by atoms with Crippen molar-refractivity contribution in [2.24, 2.45) is 13.0 Å². The first-order valence-electron chi connectivity index (χ1n) is 7.46. The number of rotatable bonds is 4. The quantitative estimate of drug-likeness (QED) is 0.877. The van der Waals surface area contributed by atoms with E-state index in [-0.39, 0.29) is 0 Å². The summed E-state index contributed by atoms with van der Waals surface area (Å²) in [5, 5.41) is 14.0. The zero-order valence-corrected chi connectivity index (χ0v) is 12.8.